The summed E-state index contributed by atoms with van der Waals surface area (Å²) in [6.45, 7) is 13.7. The molecule has 67 heteroatoms. The van der Waals surface area contributed by atoms with Crippen LogP contribution in [0.4, 0.5) is 26.7 Å². The number of hydrogen-bond acceptors (Lipinski definition) is 46. The third-order valence-electron chi connectivity index (χ3n) is 14.2. The number of carbonyl (C=O) groups excluding carboxylic acids is 11. The van der Waals surface area contributed by atoms with E-state index in [4.69, 9.17) is 64.7 Å². The quantitative estimate of drug-likeness (QED) is 0.00978. The van der Waals surface area contributed by atoms with E-state index in [0.717, 1.165) is 11.6 Å². The van der Waals surface area contributed by atoms with Gasteiger partial charge in [-0.05, 0) is 387 Å². The Morgan fingerprint density at radius 1 is 0.338 bits per heavy atom. The number of carbonyl (C=O) groups is 11. The molecule has 4 N–H and O–H groups in total. The maximum Gasteiger partial charge on any atom is 0.412 e. The molecule has 0 heterocycles. The molecule has 0 spiro atoms. The van der Waals surface area contributed by atoms with Crippen molar-refractivity contribution in [2.75, 3.05) is 62.4 Å². The van der Waals surface area contributed by atoms with Gasteiger partial charge in [0.15, 0.2) is 5.78 Å². The molecule has 0 saturated carbocycles. The molecule has 145 heavy (non-hydrogen) atoms. The van der Waals surface area contributed by atoms with Gasteiger partial charge in [-0.3, -0.25) is 53.8 Å². The van der Waals surface area contributed by atoms with Crippen molar-refractivity contribution in [2.24, 2.45) is 0 Å². The number of nitrogens with one attached hydrogen (secondary N) is 2. The number of ketones is 1. The molecule has 0 aliphatic carbocycles. The van der Waals surface area contributed by atoms with Crippen molar-refractivity contribution in [3.05, 3.63) is 199 Å². The molecule has 0 atom stereocenters. The Labute approximate surface area is 959 Å². The average Bonchev–Trinajstić information content (AvgIpc) is 0.848. The summed E-state index contributed by atoms with van der Waals surface area (Å²) in [5.74, 6) is -17.5. The van der Waals surface area contributed by atoms with Crippen LogP contribution in [-0.2, 0) is 129 Å². The fraction of sp³-hybridized carbons (Fsp3) is 0.244. The van der Waals surface area contributed by atoms with Crippen LogP contribution in [0.5, 0.6) is 46.0 Å². The first-order valence-electron chi connectivity index (χ1n) is 37.5. The highest BCUT2D eigenvalue weighted by Gasteiger charge is 2.24. The van der Waals surface area contributed by atoms with E-state index in [-0.39, 0.29) is 51.8 Å². The number of benzene rings is 8. The summed E-state index contributed by atoms with van der Waals surface area (Å²) in [6.07, 6.45) is -0.620. The van der Waals surface area contributed by atoms with Crippen LogP contribution in [0.1, 0.15) is 70.8 Å². The van der Waals surface area contributed by atoms with E-state index >= 15 is 0 Å². The smallest absolute Gasteiger partial charge is 0.412 e. The van der Waals surface area contributed by atoms with Crippen LogP contribution >= 0.6 is 224 Å². The average molecular weight is 3240 g/mol. The fourth-order valence-electron chi connectivity index (χ4n) is 8.42. The Balaban J connectivity index is 0.000000833. The molecular formula is C78H70Br2ClI8N3O45S8-8. The standard InChI is InChI=1S/C14H18INO7S.C13H16INO7S.C10H9IO6S.C9H9IO5S.2C8H6BrIO5S.C8H6ClIO5S.C8H8INO5S/c1-4-14(2,3)23-13(18)16-9-5-6-11(10(15)7-9)22-12(17)8-24(19,20)21;1-13(2,3)22-12(17)15-8-4-5-10(9(14)6-8)21-11(16)7-23(18,19)20;1-6(12)7-2-3-9(8(11)4-7)17-10(13)5-18(14,15)16;1-6-4-7(10)2-3-8(6)15-9(11)5-16(12,13)14;9-5-1-6(10)3-7(2-5)15-8(11)4-16(12,13)14;2*9-5-1-2-7(6(10)3-5)15-8(11)4-16(12,13)14;9-6-3-5(10)1-2-7(6)15-8(11)4-16(12,13)14/h5-7H,4,8H2,1-3H3,(H,16,18)(H,19,20,21);4-6H,7H2,1-3H3,(H,15,17)(H,18,19,20);2-4H,5H2,1H3,(H,14,15,16);2-4H,5H2,1H3,(H,12,13,14);3*1-3H,4H2,(H,12,13,14);1-3H,4,10H2,(H,12,13,14)/p-8. The number of ether oxygens (including phenoxy) is 10. The number of hydrogen-bond donors (Lipinski definition) is 3. The van der Waals surface area contributed by atoms with Crippen LogP contribution in [0.25, 0.3) is 0 Å². The minimum absolute atomic E-state index is 0.0778. The molecule has 0 unspecified atom stereocenters. The second-order valence-corrected chi connectivity index (χ2v) is 51.5. The van der Waals surface area contributed by atoms with E-state index < -0.39 is 198 Å². The Morgan fingerprint density at radius 2 is 0.628 bits per heavy atom. The molecule has 48 nitrogen and oxygen atoms in total. The number of amides is 2. The molecule has 0 aromatic heterocycles. The highest BCUT2D eigenvalue weighted by molar-refractivity contribution is 14.1. The van der Waals surface area contributed by atoms with E-state index in [1.807, 2.05) is 165 Å². The van der Waals surface area contributed by atoms with E-state index in [1.165, 1.54) is 104 Å². The van der Waals surface area contributed by atoms with Crippen LogP contribution in [0, 0.1) is 35.5 Å². The molecule has 0 radical (unpaired) electrons. The molecule has 8 rings (SSSR count). The molecule has 0 saturated heterocycles. The zero-order valence-electron chi connectivity index (χ0n) is 74.1. The van der Waals surface area contributed by atoms with E-state index in [9.17, 15) is 157 Å². The second kappa shape index (κ2) is 62.2. The van der Waals surface area contributed by atoms with Crippen molar-refractivity contribution in [2.45, 2.75) is 73.0 Å². The molecule has 8 aromatic rings. The lowest BCUT2D eigenvalue weighted by molar-refractivity contribution is -0.132. The third-order valence-corrected chi connectivity index (χ3v) is 26.4. The summed E-state index contributed by atoms with van der Waals surface area (Å²) >= 11 is 27.3. The van der Waals surface area contributed by atoms with Crippen LogP contribution in [0.15, 0.2) is 155 Å². The van der Waals surface area contributed by atoms with Crippen LogP contribution in [-0.4, -0.2) is 227 Å². The Hall–Kier alpha value is -6.10. The maximum atomic E-state index is 11.8. The molecule has 0 aliphatic rings. The topological polar surface area (TPSA) is 788 Å². The SMILES string of the molecule is CC(=O)c1ccc(OC(=O)CS(=O)(=O)[O-])c(I)c1.CC(C)(C)OC(=O)Nc1ccc(OC(=O)CS(=O)(=O)[O-])c(I)c1.CCC(C)(C)OC(=O)Nc1ccc(OC(=O)CS(=O)(=O)[O-])c(I)c1.Cc1cc(I)ccc1OC(=O)CS(=O)(=O)[O-].Nc1ccc(OC(=O)CS(=O)(=O)[O-])c(I)c1.O=C(CS(=O)(=O)[O-])Oc1cc(Br)cc(I)c1.O=C(CS(=O)(=O)[O-])Oc1ccc(Br)cc1I.O=C(CS(=O)(=O)[O-])Oc1ccc(Cl)cc1I. The zero-order valence-corrected chi connectivity index (χ0v) is 102. The summed E-state index contributed by atoms with van der Waals surface area (Å²) in [5, 5.41) is 5.50. The first kappa shape index (κ1) is 137. The molecule has 800 valence electrons. The predicted molar refractivity (Wildman–Crippen MR) is 579 cm³/mol. The largest absolute Gasteiger partial charge is 0.748 e. The second-order valence-electron chi connectivity index (χ2n) is 28.5. The van der Waals surface area contributed by atoms with Crippen LogP contribution in [0.3, 0.4) is 0 Å². The number of anilines is 3. The lowest BCUT2D eigenvalue weighted by Crippen LogP contribution is -2.29. The van der Waals surface area contributed by atoms with Gasteiger partial charge in [0.2, 0.25) is 0 Å². The van der Waals surface area contributed by atoms with Gasteiger partial charge in [0.1, 0.15) is 184 Å². The first-order chi connectivity index (χ1) is 65.8. The van der Waals surface area contributed by atoms with E-state index in [0.29, 0.717) is 65.5 Å². The molecule has 2 amide bonds. The van der Waals surface area contributed by atoms with Crippen molar-refractivity contribution < 1.29 is 204 Å². The van der Waals surface area contributed by atoms with Gasteiger partial charge in [-0.2, -0.15) is 0 Å². The highest BCUT2D eigenvalue weighted by Crippen LogP contribution is 2.32. The number of aryl methyl sites for hydroxylation is 1. The van der Waals surface area contributed by atoms with Crippen molar-refractivity contribution in [1.82, 2.24) is 0 Å². The van der Waals surface area contributed by atoms with E-state index in [1.54, 1.807) is 90.1 Å². The predicted octanol–water partition coefficient (Wildman–Crippen LogP) is 11.3. The summed E-state index contributed by atoms with van der Waals surface area (Å²) < 4.78 is 303. The summed E-state index contributed by atoms with van der Waals surface area (Å²) in [6, 6.07) is 36.5. The van der Waals surface area contributed by atoms with Gasteiger partial charge in [-0.1, -0.05) is 50.4 Å². The Bertz CT molecular complexity index is 6700. The zero-order chi connectivity index (χ0) is 112. The number of nitrogens with two attached hydrogens (primary N) is 1. The number of esters is 8. The van der Waals surface area contributed by atoms with Gasteiger partial charge >= 0.3 is 59.9 Å². The normalized spacial score (nSPS) is 11.3. The number of Topliss-reactive ketones (excluding diaryl/α,β-unsaturated/α-hetero) is 1. The molecule has 8 aromatic carbocycles. The number of rotatable bonds is 29. The summed E-state index contributed by atoms with van der Waals surface area (Å²) in [7, 11) is -37.1. The molecule has 0 aliphatic heterocycles. The Kier molecular flexibility index (Phi) is 58.7. The lowest BCUT2D eigenvalue weighted by Gasteiger charge is -2.23. The van der Waals surface area contributed by atoms with Crippen LogP contribution < -0.4 is 54.3 Å². The number of nitrogen functional groups attached to an aromatic ring is 1. The minimum atomic E-state index is -4.70. The first-order valence-corrected chi connectivity index (χ1v) is 60.8. The fourth-order valence-corrected chi connectivity index (χ4v) is 18.3. The monoisotopic (exact) mass is 3230 g/mol. The highest BCUT2D eigenvalue weighted by atomic mass is 127. The van der Waals surface area contributed by atoms with Crippen molar-refractivity contribution in [1.29, 1.82) is 0 Å². The van der Waals surface area contributed by atoms with Gasteiger partial charge < -0.3 is 89.5 Å². The molecular weight excluding hydrogens is 3170 g/mol. The van der Waals surface area contributed by atoms with Gasteiger partial charge in [0.25, 0.3) is 0 Å². The van der Waals surface area contributed by atoms with Crippen molar-refractivity contribution in [3.8, 4) is 46.0 Å². The van der Waals surface area contributed by atoms with Crippen molar-refractivity contribution >= 4 is 388 Å². The van der Waals surface area contributed by atoms with Gasteiger partial charge in [0.05, 0.1) is 21.4 Å². The Morgan fingerprint density at radius 3 is 0.924 bits per heavy atom. The van der Waals surface area contributed by atoms with Crippen molar-refractivity contribution in [3.63, 3.8) is 0 Å². The molecule has 0 bridgehead atoms. The lowest BCUT2D eigenvalue weighted by atomic mass is 10.1. The van der Waals surface area contributed by atoms with Gasteiger partial charge in [-0.25, -0.2) is 76.9 Å². The van der Waals surface area contributed by atoms with Gasteiger partial charge in [-0.15, -0.1) is 0 Å². The van der Waals surface area contributed by atoms with Gasteiger partial charge in [0, 0.05) is 43.7 Å². The number of halogens is 11. The minimum Gasteiger partial charge on any atom is -0.748 e. The third kappa shape index (κ3) is 67.7. The van der Waals surface area contributed by atoms with Crippen LogP contribution in [0.2, 0.25) is 5.02 Å². The maximum absolute atomic E-state index is 11.8. The molecule has 0 fully saturated rings. The van der Waals surface area contributed by atoms with E-state index in [2.05, 4.69) is 65.1 Å². The summed E-state index contributed by atoms with van der Waals surface area (Å²) in [5.41, 5.74) is 6.66. The summed E-state index contributed by atoms with van der Waals surface area (Å²) in [4.78, 5) is 123.